The Labute approximate surface area is 191 Å². The summed E-state index contributed by atoms with van der Waals surface area (Å²) < 4.78 is 43.5. The number of nitrogens with zero attached hydrogens (tertiary/aromatic N) is 5. The van der Waals surface area contributed by atoms with Gasteiger partial charge < -0.3 is 5.32 Å². The van der Waals surface area contributed by atoms with Gasteiger partial charge in [-0.3, -0.25) is 9.48 Å². The Morgan fingerprint density at radius 3 is 2.59 bits per heavy atom. The Hall–Kier alpha value is -4.47. The van der Waals surface area contributed by atoms with Gasteiger partial charge in [0, 0.05) is 23.6 Å². The molecule has 0 unspecified atom stereocenters. The second-order valence-corrected chi connectivity index (χ2v) is 7.53. The second-order valence-electron chi connectivity index (χ2n) is 7.53. The number of halogens is 3. The summed E-state index contributed by atoms with van der Waals surface area (Å²) in [5.41, 5.74) is 1.63. The molecule has 0 atom stereocenters. The van der Waals surface area contributed by atoms with E-state index in [-0.39, 0.29) is 16.9 Å². The molecule has 0 spiro atoms. The second kappa shape index (κ2) is 8.81. The van der Waals surface area contributed by atoms with E-state index in [0.29, 0.717) is 17.8 Å². The maximum absolute atomic E-state index is 13.8. The van der Waals surface area contributed by atoms with Gasteiger partial charge in [0.2, 0.25) is 0 Å². The number of alkyl halides is 2. The number of rotatable bonds is 6. The van der Waals surface area contributed by atoms with Crippen LogP contribution in [0.2, 0.25) is 0 Å². The maximum atomic E-state index is 13.8. The molecule has 0 saturated carbocycles. The summed E-state index contributed by atoms with van der Waals surface area (Å²) in [6.07, 6.45) is 1.85. The first kappa shape index (κ1) is 21.4. The van der Waals surface area contributed by atoms with Gasteiger partial charge in [-0.05, 0) is 54.1 Å². The van der Waals surface area contributed by atoms with Crippen LogP contribution in [0.25, 0.3) is 16.9 Å². The van der Waals surface area contributed by atoms with Gasteiger partial charge in [0.05, 0.1) is 18.4 Å². The number of fused-ring (bicyclic) bond motifs is 1. The van der Waals surface area contributed by atoms with Crippen molar-refractivity contribution in [3.63, 3.8) is 0 Å². The molecule has 7 nitrogen and oxygen atoms in total. The van der Waals surface area contributed by atoms with Crippen molar-refractivity contribution in [3.8, 4) is 11.3 Å². The molecule has 0 aliphatic rings. The molecule has 34 heavy (non-hydrogen) atoms. The van der Waals surface area contributed by atoms with Crippen LogP contribution in [0, 0.1) is 5.82 Å². The molecule has 0 fully saturated rings. The molecule has 0 saturated heterocycles. The minimum absolute atomic E-state index is 0.0256. The fraction of sp³-hybridized carbons (Fsp3) is 0.0833. The third-order valence-electron chi connectivity index (χ3n) is 5.20. The van der Waals surface area contributed by atoms with Crippen molar-refractivity contribution in [1.29, 1.82) is 0 Å². The smallest absolute Gasteiger partial charge is 0.280 e. The number of carbonyl (C=O) groups is 1. The first-order valence-electron chi connectivity index (χ1n) is 10.3. The lowest BCUT2D eigenvalue weighted by Gasteiger charge is -2.09. The van der Waals surface area contributed by atoms with E-state index in [2.05, 4.69) is 20.5 Å². The lowest BCUT2D eigenvalue weighted by Crippen LogP contribution is -2.13. The highest BCUT2D eigenvalue weighted by atomic mass is 19.3. The molecule has 170 valence electrons. The van der Waals surface area contributed by atoms with E-state index >= 15 is 0 Å². The number of aromatic nitrogens is 5. The summed E-state index contributed by atoms with van der Waals surface area (Å²) in [7, 11) is 0. The molecule has 3 aromatic heterocycles. The standard InChI is InChI=1S/C24H17F3N6O/c25-17-7-5-16(6-8-17)20-12-21(22(26)27)33-23(31-20)19(13-29-33)24(34)30-18-4-1-3-15(11-18)14-32-10-2-9-28-32/h1-13,22H,14H2,(H,30,34). The summed E-state index contributed by atoms with van der Waals surface area (Å²) in [6.45, 7) is 0.522. The minimum atomic E-state index is -2.86. The number of hydrogen-bond donors (Lipinski definition) is 1. The van der Waals surface area contributed by atoms with Crippen molar-refractivity contribution in [1.82, 2.24) is 24.4 Å². The van der Waals surface area contributed by atoms with Crippen LogP contribution in [0.4, 0.5) is 18.9 Å². The summed E-state index contributed by atoms with van der Waals surface area (Å²) in [5, 5.41) is 10.9. The molecule has 5 rings (SSSR count). The van der Waals surface area contributed by atoms with Gasteiger partial charge in [-0.2, -0.15) is 10.2 Å². The quantitative estimate of drug-likeness (QED) is 0.387. The lowest BCUT2D eigenvalue weighted by atomic mass is 10.1. The van der Waals surface area contributed by atoms with E-state index in [1.807, 2.05) is 18.3 Å². The molecular weight excluding hydrogens is 445 g/mol. The number of hydrogen-bond acceptors (Lipinski definition) is 4. The molecule has 10 heteroatoms. The minimum Gasteiger partial charge on any atom is -0.322 e. The Morgan fingerprint density at radius 1 is 1.03 bits per heavy atom. The van der Waals surface area contributed by atoms with Gasteiger partial charge in [0.1, 0.15) is 17.1 Å². The average molecular weight is 462 g/mol. The number of benzene rings is 2. The summed E-state index contributed by atoms with van der Waals surface area (Å²) >= 11 is 0. The van der Waals surface area contributed by atoms with Gasteiger partial charge in [0.25, 0.3) is 12.3 Å². The van der Waals surface area contributed by atoms with Crippen LogP contribution in [0.3, 0.4) is 0 Å². The van der Waals surface area contributed by atoms with Gasteiger partial charge in [0.15, 0.2) is 5.65 Å². The van der Waals surface area contributed by atoms with Crippen LogP contribution >= 0.6 is 0 Å². The van der Waals surface area contributed by atoms with Gasteiger partial charge in [-0.15, -0.1) is 0 Å². The zero-order valence-electron chi connectivity index (χ0n) is 17.6. The number of anilines is 1. The third kappa shape index (κ3) is 4.25. The summed E-state index contributed by atoms with van der Waals surface area (Å²) in [4.78, 5) is 17.4. The average Bonchev–Trinajstić information content (AvgIpc) is 3.49. The molecule has 3 heterocycles. The van der Waals surface area contributed by atoms with Gasteiger partial charge in [-0.25, -0.2) is 22.7 Å². The molecule has 0 radical (unpaired) electrons. The maximum Gasteiger partial charge on any atom is 0.280 e. The van der Waals surface area contributed by atoms with Crippen molar-refractivity contribution in [2.75, 3.05) is 5.32 Å². The molecule has 0 aliphatic carbocycles. The summed E-state index contributed by atoms with van der Waals surface area (Å²) in [6, 6.07) is 15.5. The first-order chi connectivity index (χ1) is 16.5. The SMILES string of the molecule is O=C(Nc1cccc(Cn2cccn2)c1)c1cnn2c(C(F)F)cc(-c3ccc(F)cc3)nc12. The highest BCUT2D eigenvalue weighted by Crippen LogP contribution is 2.27. The first-order valence-corrected chi connectivity index (χ1v) is 10.3. The largest absolute Gasteiger partial charge is 0.322 e. The normalized spacial score (nSPS) is 11.3. The zero-order valence-corrected chi connectivity index (χ0v) is 17.6. The van der Waals surface area contributed by atoms with E-state index in [4.69, 9.17) is 0 Å². The van der Waals surface area contributed by atoms with Crippen LogP contribution in [0.5, 0.6) is 0 Å². The molecular formula is C24H17F3N6O. The van der Waals surface area contributed by atoms with Crippen LogP contribution in [-0.2, 0) is 6.54 Å². The zero-order chi connectivity index (χ0) is 23.7. The molecule has 1 amide bonds. The molecule has 0 aliphatic heterocycles. The fourth-order valence-electron chi connectivity index (χ4n) is 3.60. The number of carbonyl (C=O) groups excluding carboxylic acids is 1. The van der Waals surface area contributed by atoms with E-state index in [1.54, 1.807) is 29.1 Å². The molecule has 2 aromatic carbocycles. The van der Waals surface area contributed by atoms with Crippen LogP contribution in [-0.4, -0.2) is 30.3 Å². The van der Waals surface area contributed by atoms with Crippen molar-refractivity contribution in [2.24, 2.45) is 0 Å². The Bertz CT molecular complexity index is 1460. The molecule has 1 N–H and O–H groups in total. The number of amides is 1. The van der Waals surface area contributed by atoms with Crippen molar-refractivity contribution >= 4 is 17.2 Å². The van der Waals surface area contributed by atoms with Crippen molar-refractivity contribution < 1.29 is 18.0 Å². The van der Waals surface area contributed by atoms with Gasteiger partial charge >= 0.3 is 0 Å². The predicted molar refractivity (Wildman–Crippen MR) is 119 cm³/mol. The van der Waals surface area contributed by atoms with Crippen molar-refractivity contribution in [2.45, 2.75) is 13.0 Å². The Kier molecular flexibility index (Phi) is 5.54. The summed E-state index contributed by atoms with van der Waals surface area (Å²) in [5.74, 6) is -1.01. The Morgan fingerprint density at radius 2 is 1.85 bits per heavy atom. The molecule has 0 bridgehead atoms. The van der Waals surface area contributed by atoms with Crippen molar-refractivity contribution in [3.05, 3.63) is 102 Å². The highest BCUT2D eigenvalue weighted by Gasteiger charge is 2.22. The van der Waals surface area contributed by atoms with Crippen LogP contribution in [0.15, 0.2) is 79.3 Å². The topological polar surface area (TPSA) is 77.1 Å². The van der Waals surface area contributed by atoms with Crippen LogP contribution < -0.4 is 5.32 Å². The van der Waals surface area contributed by atoms with E-state index in [9.17, 15) is 18.0 Å². The number of nitrogens with one attached hydrogen (secondary N) is 1. The molecule has 5 aromatic rings. The van der Waals surface area contributed by atoms with E-state index < -0.39 is 23.8 Å². The fourth-order valence-corrected chi connectivity index (χ4v) is 3.60. The third-order valence-corrected chi connectivity index (χ3v) is 5.20. The lowest BCUT2D eigenvalue weighted by molar-refractivity contribution is 0.102. The predicted octanol–water partition coefficient (Wildman–Crippen LogP) is 4.97. The highest BCUT2D eigenvalue weighted by molar-refractivity contribution is 6.08. The van der Waals surface area contributed by atoms with Gasteiger partial charge in [-0.1, -0.05) is 12.1 Å². The monoisotopic (exact) mass is 462 g/mol. The van der Waals surface area contributed by atoms with E-state index in [0.717, 1.165) is 10.1 Å². The Balaban J connectivity index is 1.48. The van der Waals surface area contributed by atoms with Crippen LogP contribution in [0.1, 0.15) is 28.0 Å². The van der Waals surface area contributed by atoms with E-state index in [1.165, 1.54) is 36.5 Å².